The third-order valence-electron chi connectivity index (χ3n) is 2.38. The highest BCUT2D eigenvalue weighted by atomic mass is 32.1. The fourth-order valence-electron chi connectivity index (χ4n) is 1.77. The monoisotopic (exact) mass is 173 g/mol. The standard InChI is InChI=1S/C8H15NOS/c1-6-3-4-7(2)9(6)8(10)5-11/h6-7,11H,3-5H2,1-2H3. The third-order valence-corrected chi connectivity index (χ3v) is 2.65. The molecule has 0 N–H and O–H groups in total. The van der Waals surface area contributed by atoms with Gasteiger partial charge < -0.3 is 4.90 Å². The second-order valence-electron chi connectivity index (χ2n) is 3.23. The molecule has 0 spiro atoms. The van der Waals surface area contributed by atoms with Crippen molar-refractivity contribution < 1.29 is 4.79 Å². The Bertz CT molecular complexity index is 150. The third kappa shape index (κ3) is 1.70. The first-order chi connectivity index (χ1) is 5.16. The summed E-state index contributed by atoms with van der Waals surface area (Å²) >= 11 is 3.98. The summed E-state index contributed by atoms with van der Waals surface area (Å²) in [6.45, 7) is 4.20. The number of carbonyl (C=O) groups excluding carboxylic acids is 1. The highest BCUT2D eigenvalue weighted by molar-refractivity contribution is 7.81. The van der Waals surface area contributed by atoms with Crippen LogP contribution >= 0.6 is 12.6 Å². The van der Waals surface area contributed by atoms with Crippen LogP contribution in [0.15, 0.2) is 0 Å². The van der Waals surface area contributed by atoms with Crippen LogP contribution in [0.2, 0.25) is 0 Å². The molecule has 0 aromatic heterocycles. The zero-order valence-electron chi connectivity index (χ0n) is 7.08. The molecule has 2 unspecified atom stereocenters. The van der Waals surface area contributed by atoms with E-state index in [1.165, 1.54) is 0 Å². The number of hydrogen-bond acceptors (Lipinski definition) is 2. The zero-order valence-corrected chi connectivity index (χ0v) is 7.97. The summed E-state index contributed by atoms with van der Waals surface area (Å²) in [7, 11) is 0. The zero-order chi connectivity index (χ0) is 8.43. The molecule has 3 heteroatoms. The van der Waals surface area contributed by atoms with E-state index in [2.05, 4.69) is 26.5 Å². The molecule has 1 aliphatic rings. The lowest BCUT2D eigenvalue weighted by molar-refractivity contribution is -0.130. The van der Waals surface area contributed by atoms with E-state index in [1.54, 1.807) is 0 Å². The molecule has 1 rings (SSSR count). The van der Waals surface area contributed by atoms with E-state index in [0.717, 1.165) is 12.8 Å². The van der Waals surface area contributed by atoms with Gasteiger partial charge in [0.05, 0.1) is 5.75 Å². The summed E-state index contributed by atoms with van der Waals surface area (Å²) in [5.41, 5.74) is 0. The van der Waals surface area contributed by atoms with Gasteiger partial charge >= 0.3 is 0 Å². The van der Waals surface area contributed by atoms with Gasteiger partial charge in [0.2, 0.25) is 5.91 Å². The highest BCUT2D eigenvalue weighted by Crippen LogP contribution is 2.23. The molecule has 1 aliphatic heterocycles. The Morgan fingerprint density at radius 3 is 2.27 bits per heavy atom. The van der Waals surface area contributed by atoms with Crippen molar-refractivity contribution in [3.63, 3.8) is 0 Å². The lowest BCUT2D eigenvalue weighted by Gasteiger charge is -2.25. The predicted octanol–water partition coefficient (Wildman–Crippen LogP) is 1.32. The van der Waals surface area contributed by atoms with Crippen LogP contribution in [0, 0.1) is 0 Å². The van der Waals surface area contributed by atoms with Crippen LogP contribution in [-0.2, 0) is 4.79 Å². The van der Waals surface area contributed by atoms with Gasteiger partial charge in [-0.2, -0.15) is 12.6 Å². The number of likely N-dealkylation sites (tertiary alicyclic amines) is 1. The Balaban J connectivity index is 2.60. The van der Waals surface area contributed by atoms with Crippen LogP contribution in [0.25, 0.3) is 0 Å². The minimum atomic E-state index is 0.172. The van der Waals surface area contributed by atoms with E-state index in [9.17, 15) is 4.79 Å². The molecule has 0 saturated carbocycles. The molecule has 1 heterocycles. The molecule has 0 aliphatic carbocycles. The lowest BCUT2D eigenvalue weighted by Crippen LogP contribution is -2.39. The van der Waals surface area contributed by atoms with Gasteiger partial charge in [0, 0.05) is 12.1 Å². The van der Waals surface area contributed by atoms with Crippen molar-refractivity contribution in [1.29, 1.82) is 0 Å². The molecule has 1 saturated heterocycles. The van der Waals surface area contributed by atoms with Crippen molar-refractivity contribution in [2.24, 2.45) is 0 Å². The molecule has 2 atom stereocenters. The largest absolute Gasteiger partial charge is 0.337 e. The maximum Gasteiger partial charge on any atom is 0.232 e. The molecule has 1 fully saturated rings. The number of amides is 1. The molecule has 64 valence electrons. The van der Waals surface area contributed by atoms with Crippen LogP contribution in [0.1, 0.15) is 26.7 Å². The summed E-state index contributed by atoms with van der Waals surface area (Å²) in [6.07, 6.45) is 2.28. The van der Waals surface area contributed by atoms with Gasteiger partial charge in [-0.3, -0.25) is 4.79 Å². The maximum atomic E-state index is 11.3. The van der Waals surface area contributed by atoms with Gasteiger partial charge in [0.25, 0.3) is 0 Å². The van der Waals surface area contributed by atoms with Gasteiger partial charge in [0.1, 0.15) is 0 Å². The van der Waals surface area contributed by atoms with Crippen molar-refractivity contribution in [3.05, 3.63) is 0 Å². The van der Waals surface area contributed by atoms with Gasteiger partial charge in [-0.15, -0.1) is 0 Å². The smallest absolute Gasteiger partial charge is 0.232 e. The van der Waals surface area contributed by atoms with Crippen molar-refractivity contribution in [1.82, 2.24) is 4.90 Å². The summed E-state index contributed by atoms with van der Waals surface area (Å²) in [4.78, 5) is 13.2. The molecule has 0 bridgehead atoms. The second kappa shape index (κ2) is 3.48. The van der Waals surface area contributed by atoms with Gasteiger partial charge in [-0.05, 0) is 26.7 Å². The van der Waals surface area contributed by atoms with E-state index in [4.69, 9.17) is 0 Å². The number of hydrogen-bond donors (Lipinski definition) is 1. The fourth-order valence-corrected chi connectivity index (χ4v) is 1.93. The van der Waals surface area contributed by atoms with Crippen molar-refractivity contribution in [2.75, 3.05) is 5.75 Å². The van der Waals surface area contributed by atoms with Crippen LogP contribution in [0.4, 0.5) is 0 Å². The first kappa shape index (κ1) is 8.91. The predicted molar refractivity (Wildman–Crippen MR) is 48.9 cm³/mol. The maximum absolute atomic E-state index is 11.3. The number of carbonyl (C=O) groups is 1. The Kier molecular flexibility index (Phi) is 2.82. The lowest BCUT2D eigenvalue weighted by atomic mass is 10.2. The van der Waals surface area contributed by atoms with E-state index >= 15 is 0 Å². The number of nitrogens with zero attached hydrogens (tertiary/aromatic N) is 1. The van der Waals surface area contributed by atoms with Crippen molar-refractivity contribution in [3.8, 4) is 0 Å². The van der Waals surface area contributed by atoms with Gasteiger partial charge in [-0.25, -0.2) is 0 Å². The van der Waals surface area contributed by atoms with E-state index in [-0.39, 0.29) is 5.91 Å². The molecule has 0 radical (unpaired) electrons. The average Bonchev–Trinajstić information content (AvgIpc) is 2.30. The Morgan fingerprint density at radius 1 is 1.45 bits per heavy atom. The second-order valence-corrected chi connectivity index (χ2v) is 3.55. The average molecular weight is 173 g/mol. The SMILES string of the molecule is CC1CCC(C)N1C(=O)CS. The van der Waals surface area contributed by atoms with Gasteiger partial charge in [-0.1, -0.05) is 0 Å². The highest BCUT2D eigenvalue weighted by Gasteiger charge is 2.29. The summed E-state index contributed by atoms with van der Waals surface area (Å²) in [6, 6.07) is 0.842. The molecular formula is C8H15NOS. The summed E-state index contributed by atoms with van der Waals surface area (Å²) in [5.74, 6) is 0.514. The van der Waals surface area contributed by atoms with Crippen LogP contribution < -0.4 is 0 Å². The Labute approximate surface area is 73.4 Å². The van der Waals surface area contributed by atoms with Crippen LogP contribution in [0.5, 0.6) is 0 Å². The Morgan fingerprint density at radius 2 is 1.91 bits per heavy atom. The summed E-state index contributed by atoms with van der Waals surface area (Å²) in [5, 5.41) is 0. The molecule has 0 aromatic carbocycles. The van der Waals surface area contributed by atoms with E-state index < -0.39 is 0 Å². The number of rotatable bonds is 1. The summed E-state index contributed by atoms with van der Waals surface area (Å²) < 4.78 is 0. The normalized spacial score (nSPS) is 31.0. The van der Waals surface area contributed by atoms with Crippen molar-refractivity contribution in [2.45, 2.75) is 38.8 Å². The van der Waals surface area contributed by atoms with Crippen LogP contribution in [0.3, 0.4) is 0 Å². The van der Waals surface area contributed by atoms with Crippen LogP contribution in [-0.4, -0.2) is 28.6 Å². The molecule has 11 heavy (non-hydrogen) atoms. The molecule has 0 aromatic rings. The molecule has 1 amide bonds. The quantitative estimate of drug-likeness (QED) is 0.593. The first-order valence-corrected chi connectivity index (χ1v) is 4.72. The topological polar surface area (TPSA) is 20.3 Å². The Hall–Kier alpha value is -0.180. The molecular weight excluding hydrogens is 158 g/mol. The van der Waals surface area contributed by atoms with Gasteiger partial charge in [0.15, 0.2) is 0 Å². The minimum absolute atomic E-state index is 0.172. The van der Waals surface area contributed by atoms with E-state index in [1.807, 2.05) is 4.90 Å². The first-order valence-electron chi connectivity index (χ1n) is 4.09. The fraction of sp³-hybridized carbons (Fsp3) is 0.875. The minimum Gasteiger partial charge on any atom is -0.337 e. The number of thiol groups is 1. The van der Waals surface area contributed by atoms with Crippen molar-refractivity contribution >= 4 is 18.5 Å². The molecule has 2 nitrogen and oxygen atoms in total. The van der Waals surface area contributed by atoms with E-state index in [0.29, 0.717) is 17.8 Å².